The van der Waals surface area contributed by atoms with E-state index in [0.29, 0.717) is 35.0 Å². The largest absolute Gasteiger partial charge is 0.491 e. The highest BCUT2D eigenvalue weighted by Gasteiger charge is 2.20. The third-order valence-corrected chi connectivity index (χ3v) is 6.33. The Morgan fingerprint density at radius 3 is 2.63 bits per heavy atom. The zero-order valence-corrected chi connectivity index (χ0v) is 23.4. The van der Waals surface area contributed by atoms with Crippen LogP contribution in [0.3, 0.4) is 0 Å². The van der Waals surface area contributed by atoms with Crippen molar-refractivity contribution in [3.63, 3.8) is 0 Å². The molecule has 3 aromatic rings. The predicted molar refractivity (Wildman–Crippen MR) is 153 cm³/mol. The second-order valence-electron chi connectivity index (χ2n) is 9.75. The van der Waals surface area contributed by atoms with E-state index in [1.165, 1.54) is 19.3 Å². The first kappa shape index (κ1) is 29.2. The van der Waals surface area contributed by atoms with Crippen molar-refractivity contribution >= 4 is 46.9 Å². The molecule has 0 radical (unpaired) electrons. The Balaban J connectivity index is 0.00000400. The van der Waals surface area contributed by atoms with Gasteiger partial charge in [0, 0.05) is 30.7 Å². The summed E-state index contributed by atoms with van der Waals surface area (Å²) in [6.07, 6.45) is 4.77. The molecule has 1 aromatic carbocycles. The van der Waals surface area contributed by atoms with Crippen LogP contribution in [-0.2, 0) is 7.05 Å². The number of aromatic nitrogens is 3. The molecule has 3 heterocycles. The number of amides is 3. The molecule has 0 spiro atoms. The van der Waals surface area contributed by atoms with Crippen LogP contribution in [0.1, 0.15) is 55.6 Å². The number of imide groups is 1. The molecule has 4 rings (SSSR count). The molecule has 0 unspecified atom stereocenters. The number of anilines is 2. The van der Waals surface area contributed by atoms with Crippen LogP contribution in [-0.4, -0.2) is 63.9 Å². The number of likely N-dealkylation sites (tertiary alicyclic amines) is 1. The normalized spacial score (nSPS) is 13.7. The van der Waals surface area contributed by atoms with E-state index in [1.54, 1.807) is 28.9 Å². The molecule has 2 aromatic heterocycles. The number of hydrogen-bond donors (Lipinski definition) is 3. The fourth-order valence-corrected chi connectivity index (χ4v) is 4.60. The first-order valence-electron chi connectivity index (χ1n) is 13.0. The van der Waals surface area contributed by atoms with Crippen molar-refractivity contribution in [1.29, 1.82) is 0 Å². The quantitative estimate of drug-likeness (QED) is 0.334. The van der Waals surface area contributed by atoms with Crippen molar-refractivity contribution < 1.29 is 14.3 Å². The van der Waals surface area contributed by atoms with Gasteiger partial charge in [0.15, 0.2) is 5.65 Å². The van der Waals surface area contributed by atoms with Gasteiger partial charge in [0.1, 0.15) is 11.6 Å². The number of piperidine rings is 1. The summed E-state index contributed by atoms with van der Waals surface area (Å²) < 4.78 is 7.37. The lowest BCUT2D eigenvalue weighted by molar-refractivity contribution is 0.0967. The average Bonchev–Trinajstić information content (AvgIpc) is 3.14. The second-order valence-corrected chi connectivity index (χ2v) is 9.75. The number of nitrogens with zero attached hydrogens (tertiary/aromatic N) is 4. The number of halogens is 1. The summed E-state index contributed by atoms with van der Waals surface area (Å²) in [5, 5.41) is 13.7. The fourth-order valence-electron chi connectivity index (χ4n) is 4.60. The summed E-state index contributed by atoms with van der Waals surface area (Å²) in [4.78, 5) is 33.0. The van der Waals surface area contributed by atoms with Crippen LogP contribution in [0, 0.1) is 6.92 Å². The minimum Gasteiger partial charge on any atom is -0.491 e. The first-order valence-corrected chi connectivity index (χ1v) is 13.0. The number of ether oxygens (including phenoxy) is 1. The zero-order chi connectivity index (χ0) is 26.4. The van der Waals surface area contributed by atoms with Gasteiger partial charge in [-0.2, -0.15) is 5.10 Å². The van der Waals surface area contributed by atoms with Crippen molar-refractivity contribution in [2.45, 2.75) is 52.6 Å². The molecule has 38 heavy (non-hydrogen) atoms. The van der Waals surface area contributed by atoms with Gasteiger partial charge >= 0.3 is 6.03 Å². The number of carbonyl (C=O) groups excluding carboxylic acids is 2. The molecule has 1 saturated heterocycles. The lowest BCUT2D eigenvalue weighted by Gasteiger charge is -2.26. The van der Waals surface area contributed by atoms with E-state index in [4.69, 9.17) is 9.72 Å². The van der Waals surface area contributed by atoms with Gasteiger partial charge in [-0.25, -0.2) is 9.78 Å². The van der Waals surface area contributed by atoms with E-state index in [2.05, 4.69) is 25.9 Å². The number of fused-ring (bicyclic) bond motifs is 1. The molecule has 1 aliphatic rings. The van der Waals surface area contributed by atoms with Gasteiger partial charge in [-0.15, -0.1) is 12.4 Å². The number of nitrogens with one attached hydrogen (secondary N) is 3. The van der Waals surface area contributed by atoms with Crippen molar-refractivity contribution in [2.75, 3.05) is 36.8 Å². The highest BCUT2D eigenvalue weighted by molar-refractivity contribution is 6.11. The minimum atomic E-state index is -0.634. The summed E-state index contributed by atoms with van der Waals surface area (Å²) in [5.41, 5.74) is 2.27. The maximum Gasteiger partial charge on any atom is 0.326 e. The Kier molecular flexibility index (Phi) is 10.3. The molecule has 3 amide bonds. The minimum absolute atomic E-state index is 0. The molecule has 0 bridgehead atoms. The maximum absolute atomic E-state index is 13.2. The van der Waals surface area contributed by atoms with Crippen molar-refractivity contribution in [2.24, 2.45) is 7.05 Å². The average molecular weight is 544 g/mol. The van der Waals surface area contributed by atoms with Crippen LogP contribution in [0.25, 0.3) is 11.0 Å². The highest BCUT2D eigenvalue weighted by Crippen LogP contribution is 2.23. The van der Waals surface area contributed by atoms with Gasteiger partial charge in [-0.1, -0.05) is 12.5 Å². The van der Waals surface area contributed by atoms with Crippen LogP contribution in [0.15, 0.2) is 30.3 Å². The molecule has 3 N–H and O–H groups in total. The van der Waals surface area contributed by atoms with Crippen LogP contribution >= 0.6 is 12.4 Å². The summed E-state index contributed by atoms with van der Waals surface area (Å²) in [5.74, 6) is 0.534. The molecule has 1 fully saturated rings. The third-order valence-electron chi connectivity index (χ3n) is 6.33. The van der Waals surface area contributed by atoms with Crippen LogP contribution in [0.5, 0.6) is 5.75 Å². The molecule has 0 atom stereocenters. The number of carbonyl (C=O) groups is 2. The summed E-state index contributed by atoms with van der Waals surface area (Å²) in [6.45, 7) is 9.70. The van der Waals surface area contributed by atoms with Crippen LogP contribution in [0.2, 0.25) is 0 Å². The maximum atomic E-state index is 13.2. The molecule has 10 nitrogen and oxygen atoms in total. The Labute approximate surface area is 229 Å². The van der Waals surface area contributed by atoms with Crippen LogP contribution < -0.4 is 20.7 Å². The summed E-state index contributed by atoms with van der Waals surface area (Å²) in [7, 11) is 1.83. The smallest absolute Gasteiger partial charge is 0.326 e. The lowest BCUT2D eigenvalue weighted by atomic mass is 10.1. The lowest BCUT2D eigenvalue weighted by Crippen LogP contribution is -2.35. The first-order chi connectivity index (χ1) is 17.8. The number of aryl methyl sites for hydroxylation is 2. The number of rotatable bonds is 9. The van der Waals surface area contributed by atoms with Gasteiger partial charge in [0.05, 0.1) is 17.4 Å². The summed E-state index contributed by atoms with van der Waals surface area (Å²) in [6, 6.07) is 8.16. The van der Waals surface area contributed by atoms with Gasteiger partial charge < -0.3 is 20.3 Å². The summed E-state index contributed by atoms with van der Waals surface area (Å²) >= 11 is 0. The van der Waals surface area contributed by atoms with Gasteiger partial charge in [-0.3, -0.25) is 14.8 Å². The van der Waals surface area contributed by atoms with Gasteiger partial charge in [0.2, 0.25) is 0 Å². The van der Waals surface area contributed by atoms with Crippen molar-refractivity contribution in [3.05, 3.63) is 41.6 Å². The van der Waals surface area contributed by atoms with Crippen molar-refractivity contribution in [1.82, 2.24) is 25.0 Å². The Morgan fingerprint density at radius 2 is 1.89 bits per heavy atom. The number of hydrogen-bond acceptors (Lipinski definition) is 7. The molecule has 11 heteroatoms. The number of pyridine rings is 1. The molecular formula is C27H38ClN7O3. The predicted octanol–water partition coefficient (Wildman–Crippen LogP) is 4.74. The third kappa shape index (κ3) is 7.58. The van der Waals surface area contributed by atoms with E-state index in [0.717, 1.165) is 37.1 Å². The number of urea groups is 1. The van der Waals surface area contributed by atoms with Gasteiger partial charge in [-0.05, 0) is 77.9 Å². The SMILES string of the molecule is Cc1nn(C)c2nc(NCCCN3CCCCC3)c(C(=O)NC(=O)Nc3cccc(OC(C)C)c3)cc12.Cl. The van der Waals surface area contributed by atoms with E-state index >= 15 is 0 Å². The second kappa shape index (κ2) is 13.4. The molecule has 0 aliphatic carbocycles. The van der Waals surface area contributed by atoms with E-state index in [-0.39, 0.29) is 18.5 Å². The zero-order valence-electron chi connectivity index (χ0n) is 22.5. The molecular weight excluding hydrogens is 506 g/mol. The number of benzene rings is 1. The fraction of sp³-hybridized carbons (Fsp3) is 0.481. The monoisotopic (exact) mass is 543 g/mol. The van der Waals surface area contributed by atoms with Gasteiger partial charge in [0.25, 0.3) is 5.91 Å². The standard InChI is InChI=1S/C27H37N7O3.ClH/c1-18(2)37-21-11-8-10-20(16-21)29-27(36)31-26(35)23-17-22-19(3)32-33(4)25(22)30-24(23)28-12-9-15-34-13-6-5-7-14-34;/h8,10-11,16-18H,5-7,9,12-15H2,1-4H3,(H,28,30)(H2,29,31,35,36);1H. The molecule has 206 valence electrons. The van der Waals surface area contributed by atoms with E-state index in [1.807, 2.05) is 33.9 Å². The van der Waals surface area contributed by atoms with Crippen molar-refractivity contribution in [3.8, 4) is 5.75 Å². The van der Waals surface area contributed by atoms with E-state index < -0.39 is 11.9 Å². The topological polar surface area (TPSA) is 113 Å². The van der Waals surface area contributed by atoms with E-state index in [9.17, 15) is 9.59 Å². The Morgan fingerprint density at radius 1 is 1.13 bits per heavy atom. The molecule has 0 saturated carbocycles. The molecule has 1 aliphatic heterocycles. The Bertz CT molecular complexity index is 1250. The highest BCUT2D eigenvalue weighted by atomic mass is 35.5. The van der Waals surface area contributed by atoms with Crippen LogP contribution in [0.4, 0.5) is 16.3 Å². The Hall–Kier alpha value is -3.37.